The number of halogens is 1. The highest BCUT2D eigenvalue weighted by Gasteiger charge is 2.09. The second-order valence-corrected chi connectivity index (χ2v) is 4.59. The number of hydrogen-bond acceptors (Lipinski definition) is 3. The number of hydrogen-bond donors (Lipinski definition) is 0. The largest absolute Gasteiger partial charge is 0.226 e. The van der Waals surface area contributed by atoms with Crippen LogP contribution in [0.25, 0.3) is 33.5 Å². The van der Waals surface area contributed by atoms with E-state index in [0.717, 1.165) is 0 Å². The van der Waals surface area contributed by atoms with Gasteiger partial charge in [-0.1, -0.05) is 66.5 Å². The van der Waals surface area contributed by atoms with Gasteiger partial charge in [-0.3, -0.25) is 0 Å². The van der Waals surface area contributed by atoms with Crippen molar-refractivity contribution in [3.05, 3.63) is 77.8 Å². The van der Waals surface area contributed by atoms with Crippen molar-refractivity contribution in [3.8, 4) is 22.8 Å². The van der Waals surface area contributed by atoms with Gasteiger partial charge in [-0.25, -0.2) is 4.98 Å². The zero-order valence-corrected chi connectivity index (χ0v) is 12.0. The quantitative estimate of drug-likeness (QED) is 0.518. The summed E-state index contributed by atoms with van der Waals surface area (Å²) in [7, 11) is 0. The Morgan fingerprint density at radius 3 is 2.09 bits per heavy atom. The van der Waals surface area contributed by atoms with E-state index in [1.807, 2.05) is 0 Å². The number of aromatic nitrogens is 3. The van der Waals surface area contributed by atoms with E-state index >= 15 is 0 Å². The summed E-state index contributed by atoms with van der Waals surface area (Å²) < 4.78 is 97.1. The van der Waals surface area contributed by atoms with Crippen LogP contribution in [-0.4, -0.2) is 15.0 Å². The van der Waals surface area contributed by atoms with Gasteiger partial charge < -0.3 is 0 Å². The van der Waals surface area contributed by atoms with Crippen LogP contribution < -0.4 is 0 Å². The smallest absolute Gasteiger partial charge is 0.208 e. The molecule has 0 aliphatic rings. The van der Waals surface area contributed by atoms with E-state index in [1.165, 1.54) is 0 Å². The van der Waals surface area contributed by atoms with E-state index in [9.17, 15) is 0 Å². The number of fused-ring (bicyclic) bond motifs is 1. The molecule has 4 aromatic rings. The Bertz CT molecular complexity index is 1560. The molecule has 3 nitrogen and oxygen atoms in total. The number of nitrogens with zero attached hydrogens (tertiary/aromatic N) is 3. The van der Waals surface area contributed by atoms with E-state index in [0.29, 0.717) is 0 Å². The highest BCUT2D eigenvalue weighted by molar-refractivity contribution is 6.28. The molecule has 1 aromatic heterocycles. The topological polar surface area (TPSA) is 38.7 Å². The van der Waals surface area contributed by atoms with Crippen LogP contribution in [0.15, 0.2) is 72.5 Å². The fraction of sp³-hybridized carbons (Fsp3) is 0. The van der Waals surface area contributed by atoms with Gasteiger partial charge in [0.15, 0.2) is 11.6 Å². The van der Waals surface area contributed by atoms with E-state index in [1.54, 1.807) is 0 Å². The van der Waals surface area contributed by atoms with Gasteiger partial charge in [0.25, 0.3) is 0 Å². The minimum Gasteiger partial charge on any atom is -0.208 e. The fourth-order valence-electron chi connectivity index (χ4n) is 1.83. The Balaban J connectivity index is 2.12. The Kier molecular flexibility index (Phi) is 1.51. The molecule has 0 N–H and O–H groups in total. The van der Waals surface area contributed by atoms with Crippen molar-refractivity contribution in [2.75, 3.05) is 0 Å². The summed E-state index contributed by atoms with van der Waals surface area (Å²) in [6.07, 6.45) is 0. The molecule has 110 valence electrons. The zero-order chi connectivity index (χ0) is 26.1. The third kappa shape index (κ3) is 2.79. The predicted molar refractivity (Wildman–Crippen MR) is 93.2 cm³/mol. The van der Waals surface area contributed by atoms with E-state index in [-0.39, 0.29) is 10.8 Å². The first kappa shape index (κ1) is 6.02. The van der Waals surface area contributed by atoms with Crippen molar-refractivity contribution in [2.45, 2.75) is 0 Å². The average Bonchev–Trinajstić information content (AvgIpc) is 2.81. The number of benzene rings is 3. The Labute approximate surface area is 155 Å². The van der Waals surface area contributed by atoms with Gasteiger partial charge in [0, 0.05) is 11.1 Å². The summed E-state index contributed by atoms with van der Waals surface area (Å²) >= 11 is 6.02. The van der Waals surface area contributed by atoms with Crippen LogP contribution in [0, 0.1) is 0 Å². The normalized spacial score (nSPS) is 18.1. The van der Waals surface area contributed by atoms with Crippen molar-refractivity contribution in [1.29, 1.82) is 0 Å². The van der Waals surface area contributed by atoms with Crippen LogP contribution in [0.4, 0.5) is 0 Å². The minimum absolute atomic E-state index is 0.319. The molecule has 0 radical (unpaired) electrons. The predicted octanol–water partition coefficient (Wildman–Crippen LogP) is 5.01. The van der Waals surface area contributed by atoms with Gasteiger partial charge >= 0.3 is 0 Å². The molecule has 0 spiro atoms. The van der Waals surface area contributed by atoms with Crippen molar-refractivity contribution < 1.29 is 16.4 Å². The third-order valence-corrected chi connectivity index (χ3v) is 2.97. The average molecular weight is 330 g/mol. The lowest BCUT2D eigenvalue weighted by atomic mass is 10.1. The van der Waals surface area contributed by atoms with Crippen molar-refractivity contribution in [2.24, 2.45) is 0 Å². The molecular weight excluding hydrogens is 306 g/mol. The van der Waals surface area contributed by atoms with Crippen LogP contribution in [0.3, 0.4) is 0 Å². The molecule has 0 amide bonds. The van der Waals surface area contributed by atoms with Gasteiger partial charge in [0.2, 0.25) is 5.28 Å². The van der Waals surface area contributed by atoms with Crippen molar-refractivity contribution in [3.63, 3.8) is 0 Å². The van der Waals surface area contributed by atoms with Crippen LogP contribution in [-0.2, 0) is 0 Å². The van der Waals surface area contributed by atoms with Gasteiger partial charge in [0.1, 0.15) is 0 Å². The van der Waals surface area contributed by atoms with Gasteiger partial charge in [-0.2, -0.15) is 9.97 Å². The lowest BCUT2D eigenvalue weighted by Crippen LogP contribution is -1.97. The SMILES string of the molecule is [2H]c1c([2H])c([2H])c(-c2nc(Cl)nc(-c3c([2H])c([2H])c4c([2H])c([2H])c([2H])c([2H])c4c3[2H])n2)c([2H])c1[2H]. The molecule has 4 heteroatoms. The second-order valence-electron chi connectivity index (χ2n) is 4.25. The summed E-state index contributed by atoms with van der Waals surface area (Å²) in [5.74, 6) is -0.873. The molecule has 0 aliphatic carbocycles. The lowest BCUT2D eigenvalue weighted by Gasteiger charge is -2.06. The first-order valence-electron chi connectivity index (χ1n) is 12.3. The van der Waals surface area contributed by atoms with Crippen LogP contribution >= 0.6 is 11.6 Å². The lowest BCUT2D eigenvalue weighted by molar-refractivity contribution is 1.07. The van der Waals surface area contributed by atoms with Crippen LogP contribution in [0.5, 0.6) is 0 Å². The summed E-state index contributed by atoms with van der Waals surface area (Å²) in [6, 6.07) is -7.35. The highest BCUT2D eigenvalue weighted by atomic mass is 35.5. The maximum atomic E-state index is 8.59. The highest BCUT2D eigenvalue weighted by Crippen LogP contribution is 2.24. The molecular formula is C19H12ClN3. The van der Waals surface area contributed by atoms with Gasteiger partial charge in [-0.15, -0.1) is 0 Å². The molecule has 0 unspecified atom stereocenters. The molecule has 3 aromatic carbocycles. The molecule has 0 aliphatic heterocycles. The Morgan fingerprint density at radius 2 is 1.30 bits per heavy atom. The zero-order valence-electron chi connectivity index (χ0n) is 23.2. The minimum atomic E-state index is -0.642. The first-order chi connectivity index (χ1) is 16.3. The third-order valence-electron chi connectivity index (χ3n) is 2.81. The standard InChI is InChI=1S/C19H12ClN3/c20-19-22-17(14-7-2-1-3-8-14)21-18(23-19)16-11-10-13-6-4-5-9-15(13)12-16/h1-12H/i1D,2D,3D,4D,5D,6D,7D,8D,9D,10D,11D,12D. The summed E-state index contributed by atoms with van der Waals surface area (Å²) in [4.78, 5) is 11.8. The maximum absolute atomic E-state index is 8.59. The Morgan fingerprint density at radius 1 is 0.652 bits per heavy atom. The van der Waals surface area contributed by atoms with Gasteiger partial charge in [-0.05, 0) is 28.4 Å². The van der Waals surface area contributed by atoms with Crippen LogP contribution in [0.2, 0.25) is 5.28 Å². The summed E-state index contributed by atoms with van der Waals surface area (Å²) in [5.41, 5.74) is -0.793. The molecule has 0 saturated heterocycles. The maximum Gasteiger partial charge on any atom is 0.226 e. The van der Waals surface area contributed by atoms with E-state index in [2.05, 4.69) is 15.0 Å². The Hall–Kier alpha value is -2.78. The van der Waals surface area contributed by atoms with E-state index < -0.39 is 101 Å². The molecule has 4 rings (SSSR count). The van der Waals surface area contributed by atoms with Crippen molar-refractivity contribution in [1.82, 2.24) is 15.0 Å². The monoisotopic (exact) mass is 329 g/mol. The van der Waals surface area contributed by atoms with Crippen LogP contribution in [0.1, 0.15) is 16.4 Å². The fourth-order valence-corrected chi connectivity index (χ4v) is 1.99. The second kappa shape index (κ2) is 5.78. The summed E-state index contributed by atoms with van der Waals surface area (Å²) in [6.45, 7) is 0. The molecule has 0 atom stereocenters. The first-order valence-corrected chi connectivity index (χ1v) is 6.66. The number of rotatable bonds is 2. The molecule has 0 fully saturated rings. The van der Waals surface area contributed by atoms with Gasteiger partial charge in [0.05, 0.1) is 16.4 Å². The van der Waals surface area contributed by atoms with E-state index in [4.69, 9.17) is 28.1 Å². The summed E-state index contributed by atoms with van der Waals surface area (Å²) in [5, 5.41) is -1.13. The molecule has 0 saturated carbocycles. The molecule has 0 bridgehead atoms. The molecule has 1 heterocycles. The van der Waals surface area contributed by atoms with Crippen molar-refractivity contribution >= 4 is 22.4 Å². The molecule has 23 heavy (non-hydrogen) atoms.